The molecule has 0 N–H and O–H groups in total. The minimum atomic E-state index is -3.01. The number of nitrogens with zero attached hydrogens (tertiary/aromatic N) is 1. The molecule has 0 saturated heterocycles. The zero-order valence-corrected chi connectivity index (χ0v) is 17.1. The van der Waals surface area contributed by atoms with Crippen LogP contribution in [-0.4, -0.2) is 65.7 Å². The van der Waals surface area contributed by atoms with Crippen LogP contribution in [0, 0.1) is 0 Å². The van der Waals surface area contributed by atoms with E-state index in [4.69, 9.17) is 27.8 Å². The van der Waals surface area contributed by atoms with Gasteiger partial charge in [-0.05, 0) is 19.3 Å². The third kappa shape index (κ3) is 10.2. The van der Waals surface area contributed by atoms with Crippen molar-refractivity contribution >= 4 is 15.2 Å². The highest BCUT2D eigenvalue weighted by Crippen LogP contribution is 2.47. The van der Waals surface area contributed by atoms with Crippen molar-refractivity contribution < 1.29 is 36.9 Å². The molecule has 0 fully saturated rings. The molecule has 11 heteroatoms. The summed E-state index contributed by atoms with van der Waals surface area (Å²) in [5.74, 6) is 0. The van der Waals surface area contributed by atoms with E-state index in [1.165, 1.54) is 33.7 Å². The molecule has 24 heavy (non-hydrogen) atoms. The number of hydrogen-bond donors (Lipinski definition) is 0. The lowest BCUT2D eigenvalue weighted by atomic mass is 10.5. The molecule has 0 aliphatic heterocycles. The summed E-state index contributed by atoms with van der Waals surface area (Å²) in [5.41, 5.74) is 0. The molecule has 0 aromatic heterocycles. The van der Waals surface area contributed by atoms with E-state index < -0.39 is 15.2 Å². The summed E-state index contributed by atoms with van der Waals surface area (Å²) < 4.78 is 43.2. The van der Waals surface area contributed by atoms with E-state index in [9.17, 15) is 9.13 Å². The second kappa shape index (κ2) is 13.4. The summed E-state index contributed by atoms with van der Waals surface area (Å²) in [7, 11) is -0.583. The molecule has 0 radical (unpaired) electrons. The fourth-order valence-corrected chi connectivity index (χ4v) is 3.77. The summed E-state index contributed by atoms with van der Waals surface area (Å²) >= 11 is 0. The van der Waals surface area contributed by atoms with Gasteiger partial charge in [0.05, 0.1) is 32.1 Å². The first-order valence-electron chi connectivity index (χ1n) is 7.83. The SMILES string of the molecule is CCCN(OCCCP(=O)(OC)OC)OCCCP(=O)(OC)OC. The number of rotatable bonds is 16. The lowest BCUT2D eigenvalue weighted by molar-refractivity contribution is -0.367. The Labute approximate surface area is 144 Å². The van der Waals surface area contributed by atoms with Crippen molar-refractivity contribution in [3.63, 3.8) is 0 Å². The Kier molecular flexibility index (Phi) is 13.5. The summed E-state index contributed by atoms with van der Waals surface area (Å²) in [6.45, 7) is 3.23. The van der Waals surface area contributed by atoms with Gasteiger partial charge in [-0.1, -0.05) is 12.2 Å². The van der Waals surface area contributed by atoms with Gasteiger partial charge in [0.25, 0.3) is 0 Å². The first kappa shape index (κ1) is 24.2. The van der Waals surface area contributed by atoms with E-state index in [1.807, 2.05) is 6.92 Å². The summed E-state index contributed by atoms with van der Waals surface area (Å²) in [6, 6.07) is 0. The molecule has 0 spiro atoms. The molecule has 9 nitrogen and oxygen atoms in total. The van der Waals surface area contributed by atoms with Crippen LogP contribution in [-0.2, 0) is 36.9 Å². The Balaban J connectivity index is 4.05. The predicted octanol–water partition coefficient (Wildman–Crippen LogP) is 3.31. The maximum absolute atomic E-state index is 11.9. The maximum Gasteiger partial charge on any atom is 0.330 e. The molecule has 0 amide bonds. The van der Waals surface area contributed by atoms with Gasteiger partial charge in [-0.2, -0.15) is 0 Å². The van der Waals surface area contributed by atoms with Crippen LogP contribution in [0.2, 0.25) is 0 Å². The van der Waals surface area contributed by atoms with Gasteiger partial charge in [0.15, 0.2) is 0 Å². The minimum absolute atomic E-state index is 0.269. The molecule has 0 atom stereocenters. The van der Waals surface area contributed by atoms with Crippen LogP contribution in [0.25, 0.3) is 0 Å². The van der Waals surface area contributed by atoms with Gasteiger partial charge in [-0.25, -0.2) is 0 Å². The topological polar surface area (TPSA) is 92.8 Å². The van der Waals surface area contributed by atoms with E-state index >= 15 is 0 Å². The molecule has 146 valence electrons. The van der Waals surface area contributed by atoms with Crippen molar-refractivity contribution in [3.05, 3.63) is 0 Å². The number of hydroxylamine groups is 2. The van der Waals surface area contributed by atoms with Crippen molar-refractivity contribution in [2.24, 2.45) is 0 Å². The zero-order valence-electron chi connectivity index (χ0n) is 15.3. The molecular formula is C13H31NO8P2. The lowest BCUT2D eigenvalue weighted by Crippen LogP contribution is -2.27. The van der Waals surface area contributed by atoms with Crippen LogP contribution in [0.1, 0.15) is 26.2 Å². The monoisotopic (exact) mass is 391 g/mol. The molecule has 0 aromatic rings. The average Bonchev–Trinajstić information content (AvgIpc) is 2.61. The molecule has 0 aliphatic rings. The molecule has 0 unspecified atom stereocenters. The van der Waals surface area contributed by atoms with Crippen LogP contribution in [0.4, 0.5) is 0 Å². The van der Waals surface area contributed by atoms with Crippen LogP contribution in [0.15, 0.2) is 0 Å². The molecular weight excluding hydrogens is 360 g/mol. The summed E-state index contributed by atoms with van der Waals surface area (Å²) in [5, 5.41) is 1.38. The summed E-state index contributed by atoms with van der Waals surface area (Å²) in [4.78, 5) is 11.0. The van der Waals surface area contributed by atoms with Crippen LogP contribution >= 0.6 is 15.2 Å². The van der Waals surface area contributed by atoms with E-state index in [1.54, 1.807) is 0 Å². The van der Waals surface area contributed by atoms with Crippen LogP contribution in [0.3, 0.4) is 0 Å². The lowest BCUT2D eigenvalue weighted by Gasteiger charge is -2.21. The highest BCUT2D eigenvalue weighted by molar-refractivity contribution is 7.54. The molecule has 0 aliphatic carbocycles. The van der Waals surface area contributed by atoms with E-state index in [2.05, 4.69) is 0 Å². The largest absolute Gasteiger partial charge is 0.330 e. The van der Waals surface area contributed by atoms with Gasteiger partial charge in [-0.3, -0.25) is 18.8 Å². The first-order chi connectivity index (χ1) is 11.4. The smallest absolute Gasteiger partial charge is 0.312 e. The van der Waals surface area contributed by atoms with Gasteiger partial charge >= 0.3 is 15.2 Å². The first-order valence-corrected chi connectivity index (χ1v) is 11.3. The van der Waals surface area contributed by atoms with Crippen LogP contribution in [0.5, 0.6) is 0 Å². The Bertz CT molecular complexity index is 359. The Morgan fingerprint density at radius 1 is 0.750 bits per heavy atom. The second-order valence-electron chi connectivity index (χ2n) is 4.83. The second-order valence-corrected chi connectivity index (χ2v) is 9.63. The van der Waals surface area contributed by atoms with Crippen molar-refractivity contribution in [1.29, 1.82) is 0 Å². The fraction of sp³-hybridized carbons (Fsp3) is 1.00. The van der Waals surface area contributed by atoms with Crippen molar-refractivity contribution in [2.45, 2.75) is 26.2 Å². The van der Waals surface area contributed by atoms with E-state index in [0.29, 0.717) is 32.6 Å². The van der Waals surface area contributed by atoms with Crippen LogP contribution < -0.4 is 0 Å². The highest BCUT2D eigenvalue weighted by Gasteiger charge is 2.21. The molecule has 0 bridgehead atoms. The maximum atomic E-state index is 11.9. The third-order valence-corrected chi connectivity index (χ3v) is 7.10. The zero-order chi connectivity index (χ0) is 18.5. The van der Waals surface area contributed by atoms with E-state index in [0.717, 1.165) is 6.42 Å². The van der Waals surface area contributed by atoms with Gasteiger partial charge < -0.3 is 18.1 Å². The van der Waals surface area contributed by atoms with Crippen molar-refractivity contribution in [2.75, 3.05) is 60.5 Å². The normalized spacial score (nSPS) is 12.9. The van der Waals surface area contributed by atoms with E-state index in [-0.39, 0.29) is 12.3 Å². The third-order valence-electron chi connectivity index (χ3n) is 3.14. The standard InChI is InChI=1S/C13H31NO8P2/c1-6-9-14(21-10-7-12-23(15,17-2)18-3)22-11-8-13-24(16,19-4)20-5/h6-13H2,1-5H3. The Hall–Kier alpha value is 0.180. The highest BCUT2D eigenvalue weighted by atomic mass is 31.2. The molecule has 0 aromatic carbocycles. The molecule has 0 rings (SSSR count). The molecule has 0 saturated carbocycles. The fourth-order valence-electron chi connectivity index (χ4n) is 1.71. The predicted molar refractivity (Wildman–Crippen MR) is 91.1 cm³/mol. The number of hydrogen-bond acceptors (Lipinski definition) is 9. The molecule has 0 heterocycles. The van der Waals surface area contributed by atoms with Gasteiger partial charge in [0.2, 0.25) is 0 Å². The Morgan fingerprint density at radius 3 is 1.42 bits per heavy atom. The van der Waals surface area contributed by atoms with Gasteiger partial charge in [0, 0.05) is 28.4 Å². The average molecular weight is 391 g/mol. The van der Waals surface area contributed by atoms with Gasteiger partial charge in [-0.15, -0.1) is 0 Å². The van der Waals surface area contributed by atoms with Gasteiger partial charge in [0.1, 0.15) is 0 Å². The van der Waals surface area contributed by atoms with Crippen molar-refractivity contribution in [1.82, 2.24) is 5.23 Å². The minimum Gasteiger partial charge on any atom is -0.312 e. The Morgan fingerprint density at radius 2 is 1.12 bits per heavy atom. The quantitative estimate of drug-likeness (QED) is 0.223. The summed E-state index contributed by atoms with van der Waals surface area (Å²) in [6.07, 6.45) is 2.38. The van der Waals surface area contributed by atoms with Crippen molar-refractivity contribution in [3.8, 4) is 0 Å².